The van der Waals surface area contributed by atoms with Crippen molar-refractivity contribution in [1.29, 1.82) is 0 Å². The summed E-state index contributed by atoms with van der Waals surface area (Å²) in [5.74, 6) is -0.351. The Labute approximate surface area is 128 Å². The topological polar surface area (TPSA) is 51.1 Å². The lowest BCUT2D eigenvalue weighted by molar-refractivity contribution is 0.0901. The summed E-state index contributed by atoms with van der Waals surface area (Å²) in [6.45, 7) is -0.0160. The molecule has 0 aliphatic heterocycles. The van der Waals surface area contributed by atoms with Gasteiger partial charge in [-0.15, -0.1) is 0 Å². The van der Waals surface area contributed by atoms with Crippen molar-refractivity contribution in [1.82, 2.24) is 9.88 Å². The SMILES string of the molecule is Cn1c(C(=O)CNC(=O)c2ccccc2)cc2ccccc21. The van der Waals surface area contributed by atoms with E-state index < -0.39 is 0 Å². The predicted molar refractivity (Wildman–Crippen MR) is 86.0 cm³/mol. The van der Waals surface area contributed by atoms with Crippen LogP contribution < -0.4 is 5.32 Å². The number of fused-ring (bicyclic) bond motifs is 1. The number of benzene rings is 2. The molecule has 0 fully saturated rings. The van der Waals surface area contributed by atoms with E-state index in [2.05, 4.69) is 5.32 Å². The number of hydrogen-bond acceptors (Lipinski definition) is 2. The summed E-state index contributed by atoms with van der Waals surface area (Å²) in [4.78, 5) is 24.3. The minimum atomic E-state index is -0.243. The molecule has 1 heterocycles. The number of nitrogens with zero attached hydrogens (tertiary/aromatic N) is 1. The van der Waals surface area contributed by atoms with Gasteiger partial charge in [0.25, 0.3) is 5.91 Å². The summed E-state index contributed by atoms with van der Waals surface area (Å²) < 4.78 is 1.85. The lowest BCUT2D eigenvalue weighted by Gasteiger charge is -2.06. The number of amides is 1. The highest BCUT2D eigenvalue weighted by atomic mass is 16.2. The maximum absolute atomic E-state index is 12.3. The van der Waals surface area contributed by atoms with Crippen LogP contribution in [-0.4, -0.2) is 22.8 Å². The van der Waals surface area contributed by atoms with Crippen molar-refractivity contribution in [3.8, 4) is 0 Å². The van der Waals surface area contributed by atoms with Crippen molar-refractivity contribution < 1.29 is 9.59 Å². The van der Waals surface area contributed by atoms with Crippen LogP contribution in [0.3, 0.4) is 0 Å². The molecule has 3 aromatic rings. The average molecular weight is 292 g/mol. The zero-order chi connectivity index (χ0) is 15.5. The number of hydrogen-bond donors (Lipinski definition) is 1. The number of aryl methyl sites for hydroxylation is 1. The molecule has 0 spiro atoms. The molecule has 1 N–H and O–H groups in total. The highest BCUT2D eigenvalue weighted by Gasteiger charge is 2.14. The summed E-state index contributed by atoms with van der Waals surface area (Å²) in [5.41, 5.74) is 2.14. The Hall–Kier alpha value is -2.88. The third-order valence-electron chi connectivity index (χ3n) is 3.68. The summed E-state index contributed by atoms with van der Waals surface area (Å²) in [7, 11) is 1.86. The highest BCUT2D eigenvalue weighted by Crippen LogP contribution is 2.18. The molecular formula is C18H16N2O2. The van der Waals surface area contributed by atoms with Gasteiger partial charge in [-0.3, -0.25) is 9.59 Å². The fourth-order valence-corrected chi connectivity index (χ4v) is 2.50. The first-order valence-electron chi connectivity index (χ1n) is 7.08. The van der Waals surface area contributed by atoms with Gasteiger partial charge >= 0.3 is 0 Å². The van der Waals surface area contributed by atoms with Crippen LogP contribution in [0.25, 0.3) is 10.9 Å². The van der Waals surface area contributed by atoms with Gasteiger partial charge in [0.2, 0.25) is 0 Å². The second kappa shape index (κ2) is 5.85. The number of para-hydroxylation sites is 1. The molecule has 0 atom stereocenters. The van der Waals surface area contributed by atoms with E-state index in [1.807, 2.05) is 48.0 Å². The zero-order valence-corrected chi connectivity index (χ0v) is 12.2. The number of carbonyl (C=O) groups is 2. The summed E-state index contributed by atoms with van der Waals surface area (Å²) in [6.07, 6.45) is 0. The first-order valence-corrected chi connectivity index (χ1v) is 7.08. The predicted octanol–water partition coefficient (Wildman–Crippen LogP) is 2.79. The molecule has 0 unspecified atom stereocenters. The molecule has 0 aliphatic rings. The Kier molecular flexibility index (Phi) is 3.74. The molecule has 0 radical (unpaired) electrons. The van der Waals surface area contributed by atoms with Gasteiger partial charge in [-0.05, 0) is 24.3 Å². The molecule has 0 aliphatic carbocycles. The molecule has 22 heavy (non-hydrogen) atoms. The number of carbonyl (C=O) groups excluding carboxylic acids is 2. The summed E-state index contributed by atoms with van der Waals surface area (Å²) in [6, 6.07) is 18.5. The highest BCUT2D eigenvalue weighted by molar-refractivity contribution is 6.04. The number of aromatic nitrogens is 1. The van der Waals surface area contributed by atoms with Crippen molar-refractivity contribution in [2.24, 2.45) is 7.05 Å². The van der Waals surface area contributed by atoms with Crippen molar-refractivity contribution in [3.05, 3.63) is 71.9 Å². The Bertz CT molecular complexity index is 835. The lowest BCUT2D eigenvalue weighted by Crippen LogP contribution is -2.30. The molecule has 1 amide bonds. The van der Waals surface area contributed by atoms with Crippen LogP contribution >= 0.6 is 0 Å². The molecule has 2 aromatic carbocycles. The molecule has 0 saturated heterocycles. The fourth-order valence-electron chi connectivity index (χ4n) is 2.50. The Balaban J connectivity index is 1.74. The second-order valence-electron chi connectivity index (χ2n) is 5.12. The zero-order valence-electron chi connectivity index (χ0n) is 12.2. The molecular weight excluding hydrogens is 276 g/mol. The number of ketones is 1. The van der Waals surface area contributed by atoms with Gasteiger partial charge in [0.05, 0.1) is 12.2 Å². The van der Waals surface area contributed by atoms with E-state index in [0.29, 0.717) is 11.3 Å². The van der Waals surface area contributed by atoms with Crippen molar-refractivity contribution in [2.75, 3.05) is 6.54 Å². The van der Waals surface area contributed by atoms with E-state index in [1.54, 1.807) is 24.3 Å². The standard InChI is InChI=1S/C18H16N2O2/c1-20-15-10-6-5-9-14(15)11-16(20)17(21)12-19-18(22)13-7-3-2-4-8-13/h2-11H,12H2,1H3,(H,19,22). The van der Waals surface area contributed by atoms with Crippen molar-refractivity contribution >= 4 is 22.6 Å². The van der Waals surface area contributed by atoms with Crippen LogP contribution in [0.4, 0.5) is 0 Å². The van der Waals surface area contributed by atoms with Crippen LogP contribution in [-0.2, 0) is 7.05 Å². The molecule has 0 bridgehead atoms. The molecule has 4 nitrogen and oxygen atoms in total. The molecule has 4 heteroatoms. The van der Waals surface area contributed by atoms with Crippen LogP contribution in [0.5, 0.6) is 0 Å². The maximum Gasteiger partial charge on any atom is 0.251 e. The first-order chi connectivity index (χ1) is 10.7. The van der Waals surface area contributed by atoms with E-state index >= 15 is 0 Å². The second-order valence-corrected chi connectivity index (χ2v) is 5.12. The summed E-state index contributed by atoms with van der Waals surface area (Å²) in [5, 5.41) is 3.68. The van der Waals surface area contributed by atoms with Crippen LogP contribution in [0.15, 0.2) is 60.7 Å². The van der Waals surface area contributed by atoms with Crippen molar-refractivity contribution in [2.45, 2.75) is 0 Å². The molecule has 3 rings (SSSR count). The van der Waals surface area contributed by atoms with E-state index in [9.17, 15) is 9.59 Å². The Morgan fingerprint density at radius 2 is 1.68 bits per heavy atom. The van der Waals surface area contributed by atoms with E-state index in [-0.39, 0.29) is 18.2 Å². The monoisotopic (exact) mass is 292 g/mol. The summed E-state index contributed by atoms with van der Waals surface area (Å²) >= 11 is 0. The largest absolute Gasteiger partial charge is 0.345 e. The smallest absolute Gasteiger partial charge is 0.251 e. The normalized spacial score (nSPS) is 10.6. The lowest BCUT2D eigenvalue weighted by atomic mass is 10.2. The first kappa shape index (κ1) is 14.1. The van der Waals surface area contributed by atoms with E-state index in [1.165, 1.54) is 0 Å². The molecule has 1 aromatic heterocycles. The van der Waals surface area contributed by atoms with Gasteiger partial charge in [-0.2, -0.15) is 0 Å². The molecule has 110 valence electrons. The van der Waals surface area contributed by atoms with Gasteiger partial charge in [-0.1, -0.05) is 36.4 Å². The van der Waals surface area contributed by atoms with Gasteiger partial charge in [0, 0.05) is 23.5 Å². The third kappa shape index (κ3) is 2.63. The maximum atomic E-state index is 12.3. The number of nitrogens with one attached hydrogen (secondary N) is 1. The van der Waals surface area contributed by atoms with Gasteiger partial charge in [-0.25, -0.2) is 0 Å². The van der Waals surface area contributed by atoms with E-state index in [4.69, 9.17) is 0 Å². The fraction of sp³-hybridized carbons (Fsp3) is 0.111. The van der Waals surface area contributed by atoms with E-state index in [0.717, 1.165) is 10.9 Å². The minimum absolute atomic E-state index is 0.0160. The average Bonchev–Trinajstić information content (AvgIpc) is 2.90. The molecule has 0 saturated carbocycles. The number of rotatable bonds is 4. The van der Waals surface area contributed by atoms with Gasteiger partial charge in [0.15, 0.2) is 5.78 Å². The number of Topliss-reactive ketones (excluding diaryl/α,β-unsaturated/α-hetero) is 1. The Morgan fingerprint density at radius 3 is 2.41 bits per heavy atom. The van der Waals surface area contributed by atoms with Crippen LogP contribution in [0.2, 0.25) is 0 Å². The van der Waals surface area contributed by atoms with Crippen LogP contribution in [0, 0.1) is 0 Å². The van der Waals surface area contributed by atoms with Crippen molar-refractivity contribution in [3.63, 3.8) is 0 Å². The van der Waals surface area contributed by atoms with Gasteiger partial charge < -0.3 is 9.88 Å². The van der Waals surface area contributed by atoms with Crippen LogP contribution in [0.1, 0.15) is 20.8 Å². The quantitative estimate of drug-likeness (QED) is 0.752. The Morgan fingerprint density at radius 1 is 1.00 bits per heavy atom. The third-order valence-corrected chi connectivity index (χ3v) is 3.68. The minimum Gasteiger partial charge on any atom is -0.345 e. The van der Waals surface area contributed by atoms with Gasteiger partial charge in [0.1, 0.15) is 0 Å².